The molecule has 1 amide bonds. The van der Waals surface area contributed by atoms with Crippen LogP contribution in [0.15, 0.2) is 22.3 Å². The summed E-state index contributed by atoms with van der Waals surface area (Å²) in [7, 11) is 4.50. The van der Waals surface area contributed by atoms with Crippen LogP contribution in [-0.2, 0) is 9.59 Å². The molecule has 1 atom stereocenters. The van der Waals surface area contributed by atoms with E-state index in [9.17, 15) is 9.59 Å². The summed E-state index contributed by atoms with van der Waals surface area (Å²) in [6.45, 7) is 0. The molecule has 1 fully saturated rings. The van der Waals surface area contributed by atoms with Crippen molar-refractivity contribution >= 4 is 35.0 Å². The fourth-order valence-electron chi connectivity index (χ4n) is 2.11. The molecule has 0 saturated carbocycles. The lowest BCUT2D eigenvalue weighted by Crippen LogP contribution is -2.26. The highest BCUT2D eigenvalue weighted by molar-refractivity contribution is 8.15. The first-order valence-electron chi connectivity index (χ1n) is 7.09. The zero-order valence-electron chi connectivity index (χ0n) is 13.8. The van der Waals surface area contributed by atoms with E-state index in [4.69, 9.17) is 19.3 Å². The molecule has 0 bridgehead atoms. The highest BCUT2D eigenvalue weighted by Gasteiger charge is 2.32. The van der Waals surface area contributed by atoms with Crippen LogP contribution in [0.25, 0.3) is 0 Å². The van der Waals surface area contributed by atoms with Crippen molar-refractivity contribution in [2.45, 2.75) is 11.7 Å². The number of carboxylic acid groups (broad SMARTS) is 1. The lowest BCUT2D eigenvalue weighted by Gasteiger charge is -2.13. The largest absolute Gasteiger partial charge is 0.493 e. The first-order chi connectivity index (χ1) is 12.0. The minimum Gasteiger partial charge on any atom is -0.493 e. The first-order valence-corrected chi connectivity index (χ1v) is 7.97. The molecular weight excluding hydrogens is 350 g/mol. The molecule has 25 heavy (non-hydrogen) atoms. The maximum Gasteiger partial charge on any atom is 0.305 e. The molecule has 1 heterocycles. The van der Waals surface area contributed by atoms with Crippen LogP contribution in [0.4, 0.5) is 0 Å². The molecule has 1 unspecified atom stereocenters. The molecule has 10 heteroatoms. The van der Waals surface area contributed by atoms with Crippen LogP contribution in [0.2, 0.25) is 0 Å². The van der Waals surface area contributed by atoms with Gasteiger partial charge in [-0.1, -0.05) is 11.8 Å². The number of carbonyl (C=O) groups is 2. The molecule has 2 rings (SSSR count). The SMILES string of the molecule is COc1ccc(C=NN=C2NC(=O)C(CC(=O)O)S2)c(OC)c1OC. The van der Waals surface area contributed by atoms with Crippen molar-refractivity contribution < 1.29 is 28.9 Å². The Morgan fingerprint density at radius 1 is 1.28 bits per heavy atom. The third kappa shape index (κ3) is 4.41. The predicted octanol–water partition coefficient (Wildman–Crippen LogP) is 1.11. The second-order valence-electron chi connectivity index (χ2n) is 4.77. The van der Waals surface area contributed by atoms with Gasteiger partial charge in [0.15, 0.2) is 16.7 Å². The fourth-order valence-corrected chi connectivity index (χ4v) is 3.03. The van der Waals surface area contributed by atoms with E-state index in [0.717, 1.165) is 11.8 Å². The van der Waals surface area contributed by atoms with Crippen molar-refractivity contribution in [3.63, 3.8) is 0 Å². The highest BCUT2D eigenvalue weighted by Crippen LogP contribution is 2.39. The number of rotatable bonds is 7. The molecule has 0 aliphatic carbocycles. The van der Waals surface area contributed by atoms with Gasteiger partial charge in [-0.2, -0.15) is 5.10 Å². The van der Waals surface area contributed by atoms with E-state index < -0.39 is 17.1 Å². The number of ether oxygens (including phenoxy) is 3. The Kier molecular flexibility index (Phi) is 6.23. The molecule has 0 radical (unpaired) electrons. The third-order valence-corrected chi connectivity index (χ3v) is 4.29. The molecule has 1 aliphatic rings. The van der Waals surface area contributed by atoms with E-state index in [0.29, 0.717) is 22.8 Å². The number of hydrogen-bond acceptors (Lipinski definition) is 8. The van der Waals surface area contributed by atoms with Crippen LogP contribution >= 0.6 is 11.8 Å². The number of benzene rings is 1. The number of aliphatic carboxylic acids is 1. The molecule has 1 aromatic rings. The number of methoxy groups -OCH3 is 3. The summed E-state index contributed by atoms with van der Waals surface area (Å²) >= 11 is 1.02. The lowest BCUT2D eigenvalue weighted by molar-refractivity contribution is -0.138. The predicted molar refractivity (Wildman–Crippen MR) is 92.9 cm³/mol. The molecule has 0 aromatic heterocycles. The second kappa shape index (κ2) is 8.38. The van der Waals surface area contributed by atoms with E-state index >= 15 is 0 Å². The Balaban J connectivity index is 2.17. The third-order valence-electron chi connectivity index (χ3n) is 3.22. The average molecular weight is 367 g/mol. The summed E-state index contributed by atoms with van der Waals surface area (Å²) < 4.78 is 15.8. The molecule has 1 saturated heterocycles. The normalized spacial score (nSPS) is 18.4. The number of nitrogens with zero attached hydrogens (tertiary/aromatic N) is 2. The van der Waals surface area contributed by atoms with Crippen molar-refractivity contribution in [3.05, 3.63) is 17.7 Å². The highest BCUT2D eigenvalue weighted by atomic mass is 32.2. The maximum absolute atomic E-state index is 11.6. The number of carbonyl (C=O) groups excluding carboxylic acids is 1. The Bertz CT molecular complexity index is 734. The van der Waals surface area contributed by atoms with Gasteiger partial charge in [-0.15, -0.1) is 5.10 Å². The van der Waals surface area contributed by atoms with Gasteiger partial charge in [0.05, 0.1) is 34.0 Å². The van der Waals surface area contributed by atoms with Gasteiger partial charge in [-0.25, -0.2) is 0 Å². The minimum atomic E-state index is -1.05. The number of amides is 1. The number of hydrogen-bond donors (Lipinski definition) is 2. The maximum atomic E-state index is 11.6. The summed E-state index contributed by atoms with van der Waals surface area (Å²) in [5.74, 6) is -0.0835. The standard InChI is InChI=1S/C15H17N3O6S/c1-22-9-5-4-8(12(23-2)13(9)24-3)7-16-18-15-17-14(21)10(25-15)6-11(19)20/h4-5,7,10H,6H2,1-3H3,(H,19,20)(H,17,18,21). The van der Waals surface area contributed by atoms with Crippen molar-refractivity contribution in [3.8, 4) is 17.2 Å². The number of thioether (sulfide) groups is 1. The van der Waals surface area contributed by atoms with E-state index in [-0.39, 0.29) is 11.6 Å². The van der Waals surface area contributed by atoms with Crippen molar-refractivity contribution in [2.75, 3.05) is 21.3 Å². The van der Waals surface area contributed by atoms with E-state index in [1.807, 2.05) is 0 Å². The molecule has 134 valence electrons. The second-order valence-corrected chi connectivity index (χ2v) is 5.96. The van der Waals surface area contributed by atoms with Crippen LogP contribution < -0.4 is 19.5 Å². The smallest absolute Gasteiger partial charge is 0.305 e. The van der Waals surface area contributed by atoms with Crippen LogP contribution in [0.1, 0.15) is 12.0 Å². The molecule has 9 nitrogen and oxygen atoms in total. The van der Waals surface area contributed by atoms with Gasteiger partial charge in [0.1, 0.15) is 5.25 Å². The number of carboxylic acids is 1. The van der Waals surface area contributed by atoms with Gasteiger partial charge in [-0.3, -0.25) is 9.59 Å². The fraction of sp³-hybridized carbons (Fsp3) is 0.333. The van der Waals surface area contributed by atoms with Gasteiger partial charge >= 0.3 is 5.97 Å². The van der Waals surface area contributed by atoms with Crippen molar-refractivity contribution in [2.24, 2.45) is 10.2 Å². The minimum absolute atomic E-state index is 0.243. The Labute approximate surface area is 148 Å². The Morgan fingerprint density at radius 2 is 2.00 bits per heavy atom. The average Bonchev–Trinajstić information content (AvgIpc) is 2.92. The molecule has 0 spiro atoms. The van der Waals surface area contributed by atoms with Gasteiger partial charge in [-0.05, 0) is 12.1 Å². The monoisotopic (exact) mass is 367 g/mol. The zero-order chi connectivity index (χ0) is 18.4. The van der Waals surface area contributed by atoms with Crippen LogP contribution in [0, 0.1) is 0 Å². The summed E-state index contributed by atoms with van der Waals surface area (Å²) in [5, 5.41) is 18.6. The van der Waals surface area contributed by atoms with E-state index in [1.165, 1.54) is 27.5 Å². The molecular formula is C15H17N3O6S. The van der Waals surface area contributed by atoms with Crippen molar-refractivity contribution in [1.82, 2.24) is 5.32 Å². The first kappa shape index (κ1) is 18.6. The van der Waals surface area contributed by atoms with E-state index in [2.05, 4.69) is 15.5 Å². The summed E-state index contributed by atoms with van der Waals surface area (Å²) in [4.78, 5) is 22.3. The van der Waals surface area contributed by atoms with Crippen LogP contribution in [0.5, 0.6) is 17.2 Å². The quantitative estimate of drug-likeness (QED) is 0.547. The van der Waals surface area contributed by atoms with Crippen LogP contribution in [-0.4, -0.2) is 54.9 Å². The summed E-state index contributed by atoms with van der Waals surface area (Å²) in [6.07, 6.45) is 1.16. The van der Waals surface area contributed by atoms with Gasteiger partial charge in [0.25, 0.3) is 0 Å². The van der Waals surface area contributed by atoms with E-state index in [1.54, 1.807) is 12.1 Å². The zero-order valence-corrected chi connectivity index (χ0v) is 14.6. The van der Waals surface area contributed by atoms with Gasteiger partial charge in [0.2, 0.25) is 11.7 Å². The van der Waals surface area contributed by atoms with Gasteiger partial charge < -0.3 is 24.6 Å². The van der Waals surface area contributed by atoms with Gasteiger partial charge in [0, 0.05) is 5.56 Å². The number of nitrogens with one attached hydrogen (secondary N) is 1. The number of amidine groups is 1. The molecule has 1 aromatic carbocycles. The Hall–Kier alpha value is -2.75. The Morgan fingerprint density at radius 3 is 2.60 bits per heavy atom. The molecule has 2 N–H and O–H groups in total. The lowest BCUT2D eigenvalue weighted by atomic mass is 10.2. The topological polar surface area (TPSA) is 119 Å². The summed E-state index contributed by atoms with van der Waals surface area (Å²) in [6, 6.07) is 3.42. The summed E-state index contributed by atoms with van der Waals surface area (Å²) in [5.41, 5.74) is 0.598. The van der Waals surface area contributed by atoms with Crippen molar-refractivity contribution in [1.29, 1.82) is 0 Å². The van der Waals surface area contributed by atoms with Crippen LogP contribution in [0.3, 0.4) is 0 Å². The molecule has 1 aliphatic heterocycles.